The third-order valence-corrected chi connectivity index (χ3v) is 4.28. The van der Waals surface area contributed by atoms with Gasteiger partial charge in [-0.1, -0.05) is 0 Å². The van der Waals surface area contributed by atoms with Crippen molar-refractivity contribution in [2.75, 3.05) is 0 Å². The Labute approximate surface area is 108 Å². The van der Waals surface area contributed by atoms with Gasteiger partial charge in [-0.25, -0.2) is 0 Å². The molecule has 0 aromatic heterocycles. The molecule has 0 fully saturated rings. The second-order valence-corrected chi connectivity index (χ2v) is 5.57. The monoisotopic (exact) mass is 290 g/mol. The topological polar surface area (TPSA) is 17.1 Å². The van der Waals surface area contributed by atoms with Crippen molar-refractivity contribution in [2.24, 2.45) is 0 Å². The number of ketones is 1. The number of rotatable bonds is 4. The zero-order valence-corrected chi connectivity index (χ0v) is 11.4. The zero-order valence-electron chi connectivity index (χ0n) is 9.72. The molecule has 0 N–H and O–H groups in total. The van der Waals surface area contributed by atoms with Crippen LogP contribution in [0.3, 0.4) is 0 Å². The van der Waals surface area contributed by atoms with E-state index in [0.717, 1.165) is 11.1 Å². The van der Waals surface area contributed by atoms with Gasteiger partial charge in [0.1, 0.15) is 0 Å². The molecule has 0 atom stereocenters. The van der Waals surface area contributed by atoms with E-state index in [0.29, 0.717) is 21.4 Å². The van der Waals surface area contributed by atoms with Crippen molar-refractivity contribution in [2.45, 2.75) is 12.2 Å². The molecular formula is C15H14OSe. The number of Topliss-reactive ketones (excluding diaryl/α,β-unsaturated/α-hetero) is 1. The fourth-order valence-electron chi connectivity index (χ4n) is 1.75. The Kier molecular flexibility index (Phi) is 4.13. The first kappa shape index (κ1) is 12.1. The van der Waals surface area contributed by atoms with Crippen LogP contribution in [0.5, 0.6) is 0 Å². The number of hydrogen-bond acceptors (Lipinski definition) is 1. The molecule has 0 saturated carbocycles. The van der Waals surface area contributed by atoms with E-state index in [9.17, 15) is 4.79 Å². The van der Waals surface area contributed by atoms with Crippen LogP contribution in [0.25, 0.3) is 0 Å². The SMILES string of the molecule is C[Se]c1ccccc1C(=O)Cc1ccccc1. The molecule has 0 aliphatic heterocycles. The minimum absolute atomic E-state index is 0.218. The number of benzene rings is 2. The van der Waals surface area contributed by atoms with Crippen LogP contribution in [-0.4, -0.2) is 20.7 Å². The Bertz CT molecular complexity index is 505. The van der Waals surface area contributed by atoms with Crippen LogP contribution >= 0.6 is 0 Å². The number of carbonyl (C=O) groups excluding carboxylic acids is 1. The van der Waals surface area contributed by atoms with Crippen LogP contribution in [0.1, 0.15) is 15.9 Å². The normalized spacial score (nSPS) is 10.2. The molecular weight excluding hydrogens is 275 g/mol. The summed E-state index contributed by atoms with van der Waals surface area (Å²) in [7, 11) is 0. The maximum atomic E-state index is 12.2. The van der Waals surface area contributed by atoms with Crippen molar-refractivity contribution in [1.29, 1.82) is 0 Å². The van der Waals surface area contributed by atoms with E-state index in [2.05, 4.69) is 11.9 Å². The van der Waals surface area contributed by atoms with E-state index in [1.165, 1.54) is 4.46 Å². The van der Waals surface area contributed by atoms with Gasteiger partial charge < -0.3 is 0 Å². The summed E-state index contributed by atoms with van der Waals surface area (Å²) in [5, 5.41) is 0. The quantitative estimate of drug-likeness (QED) is 0.624. The molecule has 0 heterocycles. The van der Waals surface area contributed by atoms with Crippen LogP contribution < -0.4 is 4.46 Å². The molecule has 86 valence electrons. The van der Waals surface area contributed by atoms with Gasteiger partial charge in [0, 0.05) is 0 Å². The van der Waals surface area contributed by atoms with E-state index >= 15 is 0 Å². The van der Waals surface area contributed by atoms with Gasteiger partial charge in [0.2, 0.25) is 0 Å². The van der Waals surface area contributed by atoms with E-state index in [1.54, 1.807) is 0 Å². The first-order valence-corrected chi connectivity index (χ1v) is 8.08. The Morgan fingerprint density at radius 2 is 1.65 bits per heavy atom. The van der Waals surface area contributed by atoms with Crippen molar-refractivity contribution in [3.05, 3.63) is 65.7 Å². The van der Waals surface area contributed by atoms with E-state index in [-0.39, 0.29) is 5.78 Å². The molecule has 2 rings (SSSR count). The Morgan fingerprint density at radius 3 is 2.35 bits per heavy atom. The fraction of sp³-hybridized carbons (Fsp3) is 0.133. The van der Waals surface area contributed by atoms with Gasteiger partial charge in [0.25, 0.3) is 0 Å². The maximum absolute atomic E-state index is 12.2. The Hall–Kier alpha value is -1.37. The Morgan fingerprint density at radius 1 is 1.00 bits per heavy atom. The summed E-state index contributed by atoms with van der Waals surface area (Å²) < 4.78 is 1.20. The third kappa shape index (κ3) is 3.06. The molecule has 0 bridgehead atoms. The number of carbonyl (C=O) groups is 1. The van der Waals surface area contributed by atoms with Crippen LogP contribution in [0, 0.1) is 0 Å². The average Bonchev–Trinajstić information content (AvgIpc) is 2.40. The van der Waals surface area contributed by atoms with Gasteiger partial charge in [-0.2, -0.15) is 0 Å². The summed E-state index contributed by atoms with van der Waals surface area (Å²) in [5.41, 5.74) is 1.97. The minimum atomic E-state index is 0.218. The average molecular weight is 289 g/mol. The van der Waals surface area contributed by atoms with E-state index < -0.39 is 0 Å². The van der Waals surface area contributed by atoms with Crippen LogP contribution in [0.15, 0.2) is 54.6 Å². The molecule has 0 aliphatic carbocycles. The summed E-state index contributed by atoms with van der Waals surface area (Å²) in [6.07, 6.45) is 0.494. The van der Waals surface area contributed by atoms with Crippen LogP contribution in [0.4, 0.5) is 0 Å². The predicted octanol–water partition coefficient (Wildman–Crippen LogP) is 2.49. The summed E-state index contributed by atoms with van der Waals surface area (Å²) in [6.45, 7) is 0. The standard InChI is InChI=1S/C15H14OSe/c1-17-15-10-6-5-9-13(15)14(16)11-12-7-3-2-4-8-12/h2-10H,11H2,1H3. The molecule has 2 heteroatoms. The molecule has 2 aromatic carbocycles. The molecule has 0 aliphatic rings. The summed E-state index contributed by atoms with van der Waals surface area (Å²) >= 11 is 0.364. The third-order valence-electron chi connectivity index (χ3n) is 2.61. The molecule has 2 aromatic rings. The van der Waals surface area contributed by atoms with Gasteiger partial charge in [-0.15, -0.1) is 0 Å². The van der Waals surface area contributed by atoms with Gasteiger partial charge >= 0.3 is 108 Å². The number of hydrogen-bond donors (Lipinski definition) is 0. The molecule has 0 amide bonds. The van der Waals surface area contributed by atoms with Crippen molar-refractivity contribution >= 4 is 25.2 Å². The van der Waals surface area contributed by atoms with Crippen LogP contribution in [0.2, 0.25) is 5.82 Å². The van der Waals surface area contributed by atoms with E-state index in [1.807, 2.05) is 48.5 Å². The summed E-state index contributed by atoms with van der Waals surface area (Å²) in [4.78, 5) is 12.2. The van der Waals surface area contributed by atoms with Crippen molar-refractivity contribution < 1.29 is 4.79 Å². The van der Waals surface area contributed by atoms with Crippen molar-refractivity contribution in [3.8, 4) is 0 Å². The molecule has 0 spiro atoms. The Balaban J connectivity index is 2.20. The summed E-state index contributed by atoms with van der Waals surface area (Å²) in [6, 6.07) is 17.8. The second-order valence-electron chi connectivity index (χ2n) is 3.79. The van der Waals surface area contributed by atoms with Gasteiger partial charge in [0.15, 0.2) is 0 Å². The molecule has 0 unspecified atom stereocenters. The second kappa shape index (κ2) is 5.81. The molecule has 0 radical (unpaired) electrons. The van der Waals surface area contributed by atoms with Crippen molar-refractivity contribution in [3.63, 3.8) is 0 Å². The van der Waals surface area contributed by atoms with Crippen LogP contribution in [-0.2, 0) is 6.42 Å². The van der Waals surface area contributed by atoms with E-state index in [4.69, 9.17) is 0 Å². The first-order valence-electron chi connectivity index (χ1n) is 5.51. The fourth-order valence-corrected chi connectivity index (χ4v) is 3.04. The zero-order chi connectivity index (χ0) is 12.1. The van der Waals surface area contributed by atoms with Gasteiger partial charge in [-0.05, 0) is 0 Å². The molecule has 1 nitrogen and oxygen atoms in total. The van der Waals surface area contributed by atoms with Gasteiger partial charge in [-0.3, -0.25) is 0 Å². The van der Waals surface area contributed by atoms with Crippen molar-refractivity contribution in [1.82, 2.24) is 0 Å². The molecule has 17 heavy (non-hydrogen) atoms. The first-order chi connectivity index (χ1) is 8.31. The predicted molar refractivity (Wildman–Crippen MR) is 72.2 cm³/mol. The summed E-state index contributed by atoms with van der Waals surface area (Å²) in [5.74, 6) is 2.36. The van der Waals surface area contributed by atoms with Gasteiger partial charge in [0.05, 0.1) is 0 Å². The molecule has 0 saturated heterocycles.